The smallest absolute Gasteiger partial charge is 0.416 e. The van der Waals surface area contributed by atoms with Crippen LogP contribution in [0.2, 0.25) is 0 Å². The maximum atomic E-state index is 12.5. The molecule has 1 aromatic carbocycles. The lowest BCUT2D eigenvalue weighted by Crippen LogP contribution is -2.47. The van der Waals surface area contributed by atoms with Gasteiger partial charge in [0.05, 0.1) is 5.56 Å². The Balaban J connectivity index is 2.10. The van der Waals surface area contributed by atoms with Crippen LogP contribution in [0.1, 0.15) is 41.6 Å². The highest BCUT2D eigenvalue weighted by Crippen LogP contribution is 2.29. The summed E-state index contributed by atoms with van der Waals surface area (Å²) in [6.45, 7) is 0. The highest BCUT2D eigenvalue weighted by Gasteiger charge is 2.34. The van der Waals surface area contributed by atoms with Crippen LogP contribution in [0.3, 0.4) is 0 Å². The molecule has 24 heavy (non-hydrogen) atoms. The molecule has 0 unspecified atom stereocenters. The number of alkyl halides is 3. The predicted molar refractivity (Wildman–Crippen MR) is 77.3 cm³/mol. The van der Waals surface area contributed by atoms with Crippen molar-refractivity contribution in [3.05, 3.63) is 35.4 Å². The average Bonchev–Trinajstić information content (AvgIpc) is 2.51. The second kappa shape index (κ2) is 7.02. The Morgan fingerprint density at radius 2 is 1.83 bits per heavy atom. The fourth-order valence-corrected chi connectivity index (χ4v) is 2.76. The van der Waals surface area contributed by atoms with Gasteiger partial charge in [-0.2, -0.15) is 13.2 Å². The summed E-state index contributed by atoms with van der Waals surface area (Å²) in [5, 5.41) is 11.6. The molecule has 1 fully saturated rings. The van der Waals surface area contributed by atoms with Gasteiger partial charge < -0.3 is 10.4 Å². The minimum Gasteiger partial charge on any atom is -0.480 e. The number of carbonyl (C=O) groups is 3. The van der Waals surface area contributed by atoms with Crippen LogP contribution in [-0.2, 0) is 15.8 Å². The number of carboxylic acid groups (broad SMARTS) is 1. The molecule has 130 valence electrons. The van der Waals surface area contributed by atoms with E-state index in [4.69, 9.17) is 0 Å². The highest BCUT2D eigenvalue weighted by molar-refractivity contribution is 5.96. The molecule has 1 aliphatic carbocycles. The second-order valence-electron chi connectivity index (χ2n) is 5.76. The largest absolute Gasteiger partial charge is 0.480 e. The Labute approximate surface area is 135 Å². The van der Waals surface area contributed by atoms with Gasteiger partial charge in [-0.1, -0.05) is 0 Å². The molecule has 0 radical (unpaired) electrons. The first-order valence-electron chi connectivity index (χ1n) is 7.41. The van der Waals surface area contributed by atoms with E-state index >= 15 is 0 Å². The molecule has 1 amide bonds. The van der Waals surface area contributed by atoms with Crippen LogP contribution in [0.5, 0.6) is 0 Å². The maximum Gasteiger partial charge on any atom is 0.416 e. The Bertz CT molecular complexity index is 640. The molecule has 2 atom stereocenters. The van der Waals surface area contributed by atoms with E-state index in [1.54, 1.807) is 0 Å². The number of rotatable bonds is 4. The minimum absolute atomic E-state index is 0.0544. The Hall–Kier alpha value is -2.38. The second-order valence-corrected chi connectivity index (χ2v) is 5.76. The zero-order valence-electron chi connectivity index (χ0n) is 12.6. The summed E-state index contributed by atoms with van der Waals surface area (Å²) in [4.78, 5) is 35.0. The third-order valence-corrected chi connectivity index (χ3v) is 4.02. The molecule has 1 saturated carbocycles. The summed E-state index contributed by atoms with van der Waals surface area (Å²) < 4.78 is 37.5. The van der Waals surface area contributed by atoms with Gasteiger partial charge in [-0.3, -0.25) is 9.59 Å². The predicted octanol–water partition coefficient (Wildman–Crippen LogP) is 2.65. The molecular weight excluding hydrogens is 327 g/mol. The van der Waals surface area contributed by atoms with Gasteiger partial charge in [0.1, 0.15) is 11.8 Å². The van der Waals surface area contributed by atoms with Crippen molar-refractivity contribution in [3.63, 3.8) is 0 Å². The van der Waals surface area contributed by atoms with Crippen molar-refractivity contribution < 1.29 is 32.7 Å². The van der Waals surface area contributed by atoms with Crippen LogP contribution in [-0.4, -0.2) is 28.8 Å². The number of aliphatic carboxylic acids is 1. The lowest BCUT2D eigenvalue weighted by molar-refractivity contribution is -0.141. The van der Waals surface area contributed by atoms with Crippen LogP contribution in [0.15, 0.2) is 24.3 Å². The fourth-order valence-electron chi connectivity index (χ4n) is 2.76. The van der Waals surface area contributed by atoms with E-state index in [0.29, 0.717) is 19.3 Å². The Kier molecular flexibility index (Phi) is 5.26. The fraction of sp³-hybridized carbons (Fsp3) is 0.438. The first kappa shape index (κ1) is 18.0. The summed E-state index contributed by atoms with van der Waals surface area (Å²) in [7, 11) is 0. The zero-order chi connectivity index (χ0) is 17.9. The van der Waals surface area contributed by atoms with E-state index in [1.807, 2.05) is 0 Å². The topological polar surface area (TPSA) is 83.5 Å². The highest BCUT2D eigenvalue weighted by atomic mass is 19.4. The molecular formula is C16H16F3NO4. The SMILES string of the molecule is O=C1CCC[C@@H]([C@@H](NC(=O)c2ccc(C(F)(F)F)cc2)C(=O)O)C1. The number of hydrogen-bond donors (Lipinski definition) is 2. The van der Waals surface area contributed by atoms with Crippen LogP contribution >= 0.6 is 0 Å². The van der Waals surface area contributed by atoms with Crippen molar-refractivity contribution in [1.82, 2.24) is 5.32 Å². The molecule has 0 spiro atoms. The lowest BCUT2D eigenvalue weighted by Gasteiger charge is -2.27. The summed E-state index contributed by atoms with van der Waals surface area (Å²) in [6, 6.07) is 2.25. The van der Waals surface area contributed by atoms with Crippen LogP contribution < -0.4 is 5.32 Å². The number of benzene rings is 1. The Morgan fingerprint density at radius 1 is 1.21 bits per heavy atom. The van der Waals surface area contributed by atoms with Gasteiger partial charge in [-0.15, -0.1) is 0 Å². The molecule has 5 nitrogen and oxygen atoms in total. The molecule has 2 N–H and O–H groups in total. The number of ketones is 1. The number of carbonyl (C=O) groups excluding carboxylic acids is 2. The normalized spacial score (nSPS) is 19.6. The molecule has 8 heteroatoms. The summed E-state index contributed by atoms with van der Waals surface area (Å²) in [5.41, 5.74) is -0.969. The van der Waals surface area contributed by atoms with Gasteiger partial charge in [0.25, 0.3) is 5.91 Å². The number of Topliss-reactive ketones (excluding diaryl/α,β-unsaturated/α-hetero) is 1. The average molecular weight is 343 g/mol. The van der Waals surface area contributed by atoms with E-state index in [0.717, 1.165) is 24.3 Å². The lowest BCUT2D eigenvalue weighted by atomic mass is 9.83. The third kappa shape index (κ3) is 4.33. The summed E-state index contributed by atoms with van der Waals surface area (Å²) in [5.74, 6) is -2.62. The molecule has 2 rings (SSSR count). The minimum atomic E-state index is -4.51. The van der Waals surface area contributed by atoms with Gasteiger partial charge in [-0.25, -0.2) is 4.79 Å². The molecule has 1 aliphatic rings. The van der Waals surface area contributed by atoms with E-state index in [-0.39, 0.29) is 17.8 Å². The maximum absolute atomic E-state index is 12.5. The van der Waals surface area contributed by atoms with Gasteiger partial charge in [0, 0.05) is 18.4 Å². The van der Waals surface area contributed by atoms with Crippen LogP contribution in [0.4, 0.5) is 13.2 Å². The van der Waals surface area contributed by atoms with Gasteiger partial charge in [0.2, 0.25) is 0 Å². The van der Waals surface area contributed by atoms with Gasteiger partial charge >= 0.3 is 12.1 Å². The number of nitrogens with one attached hydrogen (secondary N) is 1. The van der Waals surface area contributed by atoms with E-state index < -0.39 is 35.6 Å². The van der Waals surface area contributed by atoms with Crippen molar-refractivity contribution in [2.75, 3.05) is 0 Å². The van der Waals surface area contributed by atoms with E-state index in [1.165, 1.54) is 0 Å². The van der Waals surface area contributed by atoms with Crippen molar-refractivity contribution in [1.29, 1.82) is 0 Å². The van der Waals surface area contributed by atoms with E-state index in [2.05, 4.69) is 5.32 Å². The molecule has 1 aromatic rings. The van der Waals surface area contributed by atoms with Crippen molar-refractivity contribution in [2.45, 2.75) is 37.9 Å². The first-order valence-corrected chi connectivity index (χ1v) is 7.41. The monoisotopic (exact) mass is 343 g/mol. The van der Waals surface area contributed by atoms with Gasteiger partial charge in [-0.05, 0) is 43.0 Å². The van der Waals surface area contributed by atoms with Crippen molar-refractivity contribution in [3.8, 4) is 0 Å². The van der Waals surface area contributed by atoms with Crippen LogP contribution in [0.25, 0.3) is 0 Å². The molecule has 0 aromatic heterocycles. The number of halogens is 3. The quantitative estimate of drug-likeness (QED) is 0.880. The number of carboxylic acids is 1. The summed E-state index contributed by atoms with van der Waals surface area (Å²) in [6.07, 6.45) is -2.99. The molecule has 0 saturated heterocycles. The number of hydrogen-bond acceptors (Lipinski definition) is 3. The van der Waals surface area contributed by atoms with Crippen molar-refractivity contribution >= 4 is 17.7 Å². The molecule has 0 heterocycles. The third-order valence-electron chi connectivity index (χ3n) is 4.02. The standard InChI is InChI=1S/C16H16F3NO4/c17-16(18,19)11-6-4-9(5-7-11)14(22)20-13(15(23)24)10-2-1-3-12(21)8-10/h4-7,10,13H,1-3,8H2,(H,20,22)(H,23,24)/t10-,13-/m1/s1. The Morgan fingerprint density at radius 3 is 2.33 bits per heavy atom. The molecule has 0 aliphatic heterocycles. The number of amides is 1. The van der Waals surface area contributed by atoms with Crippen LogP contribution in [0, 0.1) is 5.92 Å². The van der Waals surface area contributed by atoms with Crippen molar-refractivity contribution in [2.24, 2.45) is 5.92 Å². The van der Waals surface area contributed by atoms with Gasteiger partial charge in [0.15, 0.2) is 0 Å². The zero-order valence-corrected chi connectivity index (χ0v) is 12.6. The first-order chi connectivity index (χ1) is 11.2. The summed E-state index contributed by atoms with van der Waals surface area (Å²) >= 11 is 0. The van der Waals surface area contributed by atoms with E-state index in [9.17, 15) is 32.7 Å². The molecule has 0 bridgehead atoms.